The number of rotatable bonds is 5. The minimum atomic E-state index is 0.887. The van der Waals surface area contributed by atoms with Gasteiger partial charge in [0.2, 0.25) is 0 Å². The molecule has 2 heterocycles. The maximum atomic E-state index is 3.59. The van der Waals surface area contributed by atoms with Gasteiger partial charge in [0.15, 0.2) is 0 Å². The molecule has 1 aliphatic heterocycles. The molecule has 3 heteroatoms. The second-order valence-corrected chi connectivity index (χ2v) is 5.42. The molecule has 0 atom stereocenters. The van der Waals surface area contributed by atoms with Gasteiger partial charge in [0.25, 0.3) is 0 Å². The highest BCUT2D eigenvalue weighted by Crippen LogP contribution is 2.28. The van der Waals surface area contributed by atoms with Gasteiger partial charge in [0, 0.05) is 38.6 Å². The number of anilines is 2. The first-order chi connectivity index (χ1) is 9.86. The van der Waals surface area contributed by atoms with Crippen molar-refractivity contribution in [3.63, 3.8) is 0 Å². The molecule has 0 bridgehead atoms. The van der Waals surface area contributed by atoms with Crippen molar-refractivity contribution in [2.45, 2.75) is 32.9 Å². The molecule has 20 heavy (non-hydrogen) atoms. The van der Waals surface area contributed by atoms with Crippen LogP contribution < -0.4 is 10.2 Å². The van der Waals surface area contributed by atoms with Gasteiger partial charge in [-0.05, 0) is 43.5 Å². The third-order valence-corrected chi connectivity index (χ3v) is 4.01. The lowest BCUT2D eigenvalue weighted by atomic mass is 10.2. The predicted molar refractivity (Wildman–Crippen MR) is 85.3 cm³/mol. The minimum absolute atomic E-state index is 0.887. The van der Waals surface area contributed by atoms with Crippen LogP contribution in [0.25, 0.3) is 0 Å². The zero-order valence-corrected chi connectivity index (χ0v) is 12.2. The summed E-state index contributed by atoms with van der Waals surface area (Å²) in [4.78, 5) is 2.49. The molecule has 3 rings (SSSR count). The zero-order chi connectivity index (χ0) is 13.8. The van der Waals surface area contributed by atoms with Crippen LogP contribution in [0.4, 0.5) is 11.4 Å². The summed E-state index contributed by atoms with van der Waals surface area (Å²) in [5.41, 5.74) is 3.93. The van der Waals surface area contributed by atoms with Crippen molar-refractivity contribution in [1.29, 1.82) is 0 Å². The summed E-state index contributed by atoms with van der Waals surface area (Å²) >= 11 is 0. The van der Waals surface area contributed by atoms with Gasteiger partial charge in [-0.25, -0.2) is 0 Å². The number of para-hydroxylation sites is 2. The Morgan fingerprint density at radius 1 is 1.10 bits per heavy atom. The van der Waals surface area contributed by atoms with Gasteiger partial charge in [0.05, 0.1) is 11.4 Å². The number of aromatic nitrogens is 1. The van der Waals surface area contributed by atoms with E-state index in [2.05, 4.69) is 64.4 Å². The molecule has 1 fully saturated rings. The summed E-state index contributed by atoms with van der Waals surface area (Å²) < 4.78 is 2.21. The minimum Gasteiger partial charge on any atom is -0.379 e. The van der Waals surface area contributed by atoms with E-state index >= 15 is 0 Å². The molecule has 0 unspecified atom stereocenters. The molecule has 0 saturated carbocycles. The highest BCUT2D eigenvalue weighted by Gasteiger charge is 2.15. The van der Waals surface area contributed by atoms with Crippen LogP contribution in [0.1, 0.15) is 25.3 Å². The van der Waals surface area contributed by atoms with Gasteiger partial charge in [-0.2, -0.15) is 0 Å². The number of hydrogen-bond acceptors (Lipinski definition) is 2. The molecular formula is C17H23N3. The summed E-state index contributed by atoms with van der Waals surface area (Å²) in [5.74, 6) is 0. The van der Waals surface area contributed by atoms with E-state index in [1.165, 1.54) is 42.9 Å². The Balaban J connectivity index is 1.70. The molecule has 1 saturated heterocycles. The summed E-state index contributed by atoms with van der Waals surface area (Å²) in [6.45, 7) is 6.46. The van der Waals surface area contributed by atoms with Crippen molar-refractivity contribution in [2.75, 3.05) is 23.3 Å². The summed E-state index contributed by atoms with van der Waals surface area (Å²) in [5, 5.41) is 3.59. The highest BCUT2D eigenvalue weighted by molar-refractivity contribution is 5.70. The van der Waals surface area contributed by atoms with E-state index in [0.717, 1.165) is 13.1 Å². The van der Waals surface area contributed by atoms with E-state index in [1.54, 1.807) is 0 Å². The van der Waals surface area contributed by atoms with Crippen LogP contribution in [0.3, 0.4) is 0 Å². The Kier molecular flexibility index (Phi) is 3.95. The Morgan fingerprint density at radius 3 is 2.65 bits per heavy atom. The molecule has 0 radical (unpaired) electrons. The van der Waals surface area contributed by atoms with Gasteiger partial charge in [-0.1, -0.05) is 12.1 Å². The molecule has 0 spiro atoms. The molecule has 106 valence electrons. The SMILES string of the molecule is CCn1ccc(CNc2ccccc2N2CCCC2)c1. The fraction of sp³-hybridized carbons (Fsp3) is 0.412. The van der Waals surface area contributed by atoms with E-state index in [-0.39, 0.29) is 0 Å². The van der Waals surface area contributed by atoms with Gasteiger partial charge in [-0.3, -0.25) is 0 Å². The van der Waals surface area contributed by atoms with E-state index in [0.29, 0.717) is 0 Å². The fourth-order valence-corrected chi connectivity index (χ4v) is 2.85. The Labute approximate surface area is 121 Å². The lowest BCUT2D eigenvalue weighted by molar-refractivity contribution is 0.766. The summed E-state index contributed by atoms with van der Waals surface area (Å²) in [6.07, 6.45) is 6.98. The second kappa shape index (κ2) is 6.04. The van der Waals surface area contributed by atoms with Crippen LogP contribution in [0.5, 0.6) is 0 Å². The van der Waals surface area contributed by atoms with Crippen LogP contribution in [0, 0.1) is 0 Å². The normalized spacial score (nSPS) is 14.8. The molecule has 1 N–H and O–H groups in total. The number of aryl methyl sites for hydroxylation is 1. The molecule has 2 aromatic rings. The van der Waals surface area contributed by atoms with E-state index in [1.807, 2.05) is 0 Å². The van der Waals surface area contributed by atoms with E-state index < -0.39 is 0 Å². The van der Waals surface area contributed by atoms with Crippen LogP contribution >= 0.6 is 0 Å². The van der Waals surface area contributed by atoms with Crippen molar-refractivity contribution in [3.05, 3.63) is 48.3 Å². The Bertz CT molecular complexity index is 553. The van der Waals surface area contributed by atoms with Gasteiger partial charge >= 0.3 is 0 Å². The van der Waals surface area contributed by atoms with Crippen molar-refractivity contribution < 1.29 is 0 Å². The number of hydrogen-bond donors (Lipinski definition) is 1. The Hall–Kier alpha value is -1.90. The number of nitrogens with zero attached hydrogens (tertiary/aromatic N) is 2. The quantitative estimate of drug-likeness (QED) is 0.892. The zero-order valence-electron chi connectivity index (χ0n) is 12.2. The number of benzene rings is 1. The van der Waals surface area contributed by atoms with Crippen molar-refractivity contribution in [2.24, 2.45) is 0 Å². The van der Waals surface area contributed by atoms with E-state index in [4.69, 9.17) is 0 Å². The average molecular weight is 269 g/mol. The lowest BCUT2D eigenvalue weighted by Gasteiger charge is -2.21. The topological polar surface area (TPSA) is 20.2 Å². The smallest absolute Gasteiger partial charge is 0.0602 e. The van der Waals surface area contributed by atoms with Crippen LogP contribution in [0.2, 0.25) is 0 Å². The van der Waals surface area contributed by atoms with Crippen LogP contribution in [-0.2, 0) is 13.1 Å². The first-order valence-corrected chi connectivity index (χ1v) is 7.59. The maximum Gasteiger partial charge on any atom is 0.0602 e. The average Bonchev–Trinajstić information content (AvgIpc) is 3.17. The summed E-state index contributed by atoms with van der Waals surface area (Å²) in [6, 6.07) is 10.8. The monoisotopic (exact) mass is 269 g/mol. The van der Waals surface area contributed by atoms with Gasteiger partial charge in [0.1, 0.15) is 0 Å². The molecule has 1 aliphatic rings. The maximum absolute atomic E-state index is 3.59. The molecular weight excluding hydrogens is 246 g/mol. The largest absolute Gasteiger partial charge is 0.379 e. The number of nitrogens with one attached hydrogen (secondary N) is 1. The van der Waals surface area contributed by atoms with Gasteiger partial charge in [-0.15, -0.1) is 0 Å². The molecule has 3 nitrogen and oxygen atoms in total. The molecule has 0 aliphatic carbocycles. The third kappa shape index (κ3) is 2.82. The van der Waals surface area contributed by atoms with Crippen LogP contribution in [0.15, 0.2) is 42.7 Å². The standard InChI is InChI=1S/C17H23N3/c1-2-19-12-9-15(14-19)13-18-16-7-3-4-8-17(16)20-10-5-6-11-20/h3-4,7-9,12,14,18H,2,5-6,10-11,13H2,1H3. The third-order valence-electron chi connectivity index (χ3n) is 4.01. The molecule has 1 aromatic carbocycles. The predicted octanol–water partition coefficient (Wildman–Crippen LogP) is 3.72. The second-order valence-electron chi connectivity index (χ2n) is 5.42. The highest BCUT2D eigenvalue weighted by atomic mass is 15.2. The fourth-order valence-electron chi connectivity index (χ4n) is 2.85. The Morgan fingerprint density at radius 2 is 1.90 bits per heavy atom. The van der Waals surface area contributed by atoms with Gasteiger partial charge < -0.3 is 14.8 Å². The van der Waals surface area contributed by atoms with Crippen molar-refractivity contribution >= 4 is 11.4 Å². The van der Waals surface area contributed by atoms with Crippen molar-refractivity contribution in [1.82, 2.24) is 4.57 Å². The van der Waals surface area contributed by atoms with Crippen LogP contribution in [-0.4, -0.2) is 17.7 Å². The molecule has 0 amide bonds. The first-order valence-electron chi connectivity index (χ1n) is 7.59. The molecule has 1 aromatic heterocycles. The first kappa shape index (κ1) is 13.1. The lowest BCUT2D eigenvalue weighted by Crippen LogP contribution is -2.19. The summed E-state index contributed by atoms with van der Waals surface area (Å²) in [7, 11) is 0. The van der Waals surface area contributed by atoms with E-state index in [9.17, 15) is 0 Å². The van der Waals surface area contributed by atoms with Crippen molar-refractivity contribution in [3.8, 4) is 0 Å².